The number of nitrogens with zero attached hydrogens (tertiary/aromatic N) is 5. The van der Waals surface area contributed by atoms with E-state index in [1.807, 2.05) is 31.0 Å². The zero-order valence-electron chi connectivity index (χ0n) is 13.4. The van der Waals surface area contributed by atoms with E-state index in [9.17, 15) is 0 Å². The lowest BCUT2D eigenvalue weighted by Crippen LogP contribution is -2.30. The van der Waals surface area contributed by atoms with Crippen LogP contribution in [0.4, 0.5) is 11.8 Å². The minimum atomic E-state index is 0.311. The van der Waals surface area contributed by atoms with Gasteiger partial charge in [0.2, 0.25) is 5.95 Å². The summed E-state index contributed by atoms with van der Waals surface area (Å²) in [6, 6.07) is 2.52. The molecule has 7 heteroatoms. The Morgan fingerprint density at radius 1 is 1.41 bits per heavy atom. The Bertz CT molecular complexity index is 664. The quantitative estimate of drug-likeness (QED) is 0.870. The fourth-order valence-corrected chi connectivity index (χ4v) is 2.97. The van der Waals surface area contributed by atoms with Crippen LogP contribution in [0.5, 0.6) is 0 Å². The van der Waals surface area contributed by atoms with E-state index >= 15 is 0 Å². The van der Waals surface area contributed by atoms with Crippen LogP contribution in [0.2, 0.25) is 0 Å². The molecule has 22 heavy (non-hydrogen) atoms. The number of likely N-dealkylation sites (N-methyl/N-ethyl adjacent to an activating group) is 1. The van der Waals surface area contributed by atoms with E-state index in [1.165, 1.54) is 0 Å². The molecule has 0 aliphatic carbocycles. The van der Waals surface area contributed by atoms with Gasteiger partial charge >= 0.3 is 0 Å². The molecule has 0 unspecified atom stereocenters. The molecule has 2 aromatic rings. The van der Waals surface area contributed by atoms with Crippen molar-refractivity contribution >= 4 is 11.8 Å². The van der Waals surface area contributed by atoms with Gasteiger partial charge in [-0.15, -0.1) is 0 Å². The number of aromatic nitrogens is 4. The van der Waals surface area contributed by atoms with E-state index in [2.05, 4.69) is 32.2 Å². The number of aryl methyl sites for hydroxylation is 2. The number of nitrogens with one attached hydrogen (secondary N) is 1. The number of hydrogen-bond acceptors (Lipinski definition) is 6. The molecule has 1 aliphatic heterocycles. The topological polar surface area (TPSA) is 84.9 Å². The maximum absolute atomic E-state index is 5.94. The molecule has 1 atom stereocenters. The van der Waals surface area contributed by atoms with Crippen LogP contribution < -0.4 is 16.0 Å². The van der Waals surface area contributed by atoms with E-state index in [0.29, 0.717) is 12.0 Å². The highest BCUT2D eigenvalue weighted by atomic mass is 15.3. The molecular weight excluding hydrogens is 278 g/mol. The summed E-state index contributed by atoms with van der Waals surface area (Å²) in [6.07, 6.45) is 3.97. The van der Waals surface area contributed by atoms with Crippen molar-refractivity contribution < 1.29 is 0 Å². The molecule has 0 bridgehead atoms. The molecule has 0 saturated carbocycles. The Kier molecular flexibility index (Phi) is 3.98. The van der Waals surface area contributed by atoms with Crippen LogP contribution in [0, 0.1) is 0 Å². The Balaban J connectivity index is 1.96. The van der Waals surface area contributed by atoms with E-state index < -0.39 is 0 Å². The number of hydrogen-bond donors (Lipinski definition) is 2. The molecule has 0 radical (unpaired) electrons. The number of nitrogen functional groups attached to an aromatic ring is 1. The number of rotatable bonds is 4. The summed E-state index contributed by atoms with van der Waals surface area (Å²) in [7, 11) is 3.92. The van der Waals surface area contributed by atoms with Gasteiger partial charge in [0.25, 0.3) is 0 Å². The predicted molar refractivity (Wildman–Crippen MR) is 87.7 cm³/mol. The van der Waals surface area contributed by atoms with E-state index in [-0.39, 0.29) is 0 Å². The Hall–Kier alpha value is -2.15. The Morgan fingerprint density at radius 3 is 2.91 bits per heavy atom. The normalized spacial score (nSPS) is 18.1. The number of nitrogens with two attached hydrogens (primary N) is 1. The first-order valence-corrected chi connectivity index (χ1v) is 7.70. The summed E-state index contributed by atoms with van der Waals surface area (Å²) in [5, 5.41) is 7.80. The van der Waals surface area contributed by atoms with Crippen molar-refractivity contribution in [3.63, 3.8) is 0 Å². The highest BCUT2D eigenvalue weighted by Crippen LogP contribution is 2.27. The third-order valence-corrected chi connectivity index (χ3v) is 4.17. The van der Waals surface area contributed by atoms with Gasteiger partial charge in [-0.2, -0.15) is 10.1 Å². The molecule has 1 aliphatic rings. The molecule has 3 N–H and O–H groups in total. The van der Waals surface area contributed by atoms with Crippen LogP contribution in [0.25, 0.3) is 11.3 Å². The first kappa shape index (κ1) is 14.8. The smallest absolute Gasteiger partial charge is 0.222 e. The minimum absolute atomic E-state index is 0.311. The maximum atomic E-state index is 5.94. The standard InChI is InChI=1S/C15H23N7/c1-4-12-11(9-21(3)20-12)13-7-14(19-15(16)18-13)22-6-5-10(8-22)17-2/h7,9-10,17H,4-6,8H2,1-3H3,(H2,16,18,19)/t10-/m1/s1. The van der Waals surface area contributed by atoms with Crippen LogP contribution in [0.15, 0.2) is 12.3 Å². The van der Waals surface area contributed by atoms with Crippen molar-refractivity contribution in [2.24, 2.45) is 7.05 Å². The largest absolute Gasteiger partial charge is 0.368 e. The highest BCUT2D eigenvalue weighted by Gasteiger charge is 2.23. The summed E-state index contributed by atoms with van der Waals surface area (Å²) in [5.74, 6) is 1.21. The van der Waals surface area contributed by atoms with E-state index in [4.69, 9.17) is 5.73 Å². The molecule has 0 amide bonds. The fraction of sp³-hybridized carbons (Fsp3) is 0.533. The van der Waals surface area contributed by atoms with Crippen LogP contribution in [0.1, 0.15) is 19.0 Å². The molecule has 1 fully saturated rings. The van der Waals surface area contributed by atoms with Crippen molar-refractivity contribution in [2.45, 2.75) is 25.8 Å². The molecule has 3 rings (SSSR count). The Labute approximate surface area is 130 Å². The lowest BCUT2D eigenvalue weighted by Gasteiger charge is -2.18. The lowest BCUT2D eigenvalue weighted by molar-refractivity contribution is 0.616. The van der Waals surface area contributed by atoms with Crippen molar-refractivity contribution in [3.05, 3.63) is 18.0 Å². The molecule has 0 spiro atoms. The molecule has 7 nitrogen and oxygen atoms in total. The monoisotopic (exact) mass is 301 g/mol. The molecule has 3 heterocycles. The van der Waals surface area contributed by atoms with Gasteiger partial charge in [-0.3, -0.25) is 4.68 Å². The van der Waals surface area contributed by atoms with Gasteiger partial charge in [0.05, 0.1) is 11.4 Å². The second-order valence-electron chi connectivity index (χ2n) is 5.71. The second-order valence-corrected chi connectivity index (χ2v) is 5.71. The van der Waals surface area contributed by atoms with Gasteiger partial charge in [-0.05, 0) is 19.9 Å². The maximum Gasteiger partial charge on any atom is 0.222 e. The van der Waals surface area contributed by atoms with Crippen LogP contribution in [0.3, 0.4) is 0 Å². The molecule has 0 aromatic carbocycles. The van der Waals surface area contributed by atoms with Crippen molar-refractivity contribution in [1.82, 2.24) is 25.1 Å². The van der Waals surface area contributed by atoms with Gasteiger partial charge in [-0.25, -0.2) is 4.98 Å². The third-order valence-electron chi connectivity index (χ3n) is 4.17. The average molecular weight is 301 g/mol. The van der Waals surface area contributed by atoms with E-state index in [1.54, 1.807) is 0 Å². The van der Waals surface area contributed by atoms with Gasteiger partial charge in [0.1, 0.15) is 5.82 Å². The Morgan fingerprint density at radius 2 is 2.23 bits per heavy atom. The summed E-state index contributed by atoms with van der Waals surface area (Å²) in [5.41, 5.74) is 8.85. The van der Waals surface area contributed by atoms with Crippen molar-refractivity contribution in [1.29, 1.82) is 0 Å². The first-order chi connectivity index (χ1) is 10.6. The van der Waals surface area contributed by atoms with Gasteiger partial charge in [-0.1, -0.05) is 6.92 Å². The van der Waals surface area contributed by atoms with Gasteiger partial charge < -0.3 is 16.0 Å². The molecular formula is C15H23N7. The van der Waals surface area contributed by atoms with Gasteiger partial charge in [0, 0.05) is 44.0 Å². The fourth-order valence-electron chi connectivity index (χ4n) is 2.97. The SMILES string of the molecule is CCc1nn(C)cc1-c1cc(N2CC[C@@H](NC)C2)nc(N)n1. The van der Waals surface area contributed by atoms with Crippen LogP contribution in [-0.2, 0) is 13.5 Å². The average Bonchev–Trinajstić information content (AvgIpc) is 3.12. The third kappa shape index (κ3) is 2.76. The first-order valence-electron chi connectivity index (χ1n) is 7.70. The number of anilines is 2. The summed E-state index contributed by atoms with van der Waals surface area (Å²) < 4.78 is 1.82. The minimum Gasteiger partial charge on any atom is -0.368 e. The summed E-state index contributed by atoms with van der Waals surface area (Å²) >= 11 is 0. The van der Waals surface area contributed by atoms with Crippen molar-refractivity contribution in [3.8, 4) is 11.3 Å². The molecule has 1 saturated heterocycles. The molecule has 118 valence electrons. The highest BCUT2D eigenvalue weighted by molar-refractivity contribution is 5.66. The lowest BCUT2D eigenvalue weighted by atomic mass is 10.1. The summed E-state index contributed by atoms with van der Waals surface area (Å²) in [6.45, 7) is 4.02. The zero-order chi connectivity index (χ0) is 15.7. The predicted octanol–water partition coefficient (Wildman–Crippen LogP) is 0.820. The van der Waals surface area contributed by atoms with E-state index in [0.717, 1.165) is 48.7 Å². The van der Waals surface area contributed by atoms with Crippen LogP contribution >= 0.6 is 0 Å². The summed E-state index contributed by atoms with van der Waals surface area (Å²) in [4.78, 5) is 11.1. The second kappa shape index (κ2) is 5.92. The van der Waals surface area contributed by atoms with Crippen LogP contribution in [-0.4, -0.2) is 45.9 Å². The van der Waals surface area contributed by atoms with Gasteiger partial charge in [0.15, 0.2) is 0 Å². The molecule has 2 aromatic heterocycles. The zero-order valence-corrected chi connectivity index (χ0v) is 13.4. The van der Waals surface area contributed by atoms with Crippen molar-refractivity contribution in [2.75, 3.05) is 30.8 Å².